The number of carbonyl (C=O) groups is 1. The highest BCUT2D eigenvalue weighted by molar-refractivity contribution is 9.10. The van der Waals surface area contributed by atoms with Gasteiger partial charge < -0.3 is 9.84 Å². The van der Waals surface area contributed by atoms with Gasteiger partial charge in [0.25, 0.3) is 0 Å². The Morgan fingerprint density at radius 1 is 1.37 bits per heavy atom. The number of cyclic esters (lactones) is 1. The molecule has 1 aliphatic rings. The molecule has 3 nitrogen and oxygen atoms in total. The van der Waals surface area contributed by atoms with E-state index in [1.165, 1.54) is 6.08 Å². The fourth-order valence-electron chi connectivity index (χ4n) is 1.69. The van der Waals surface area contributed by atoms with E-state index in [4.69, 9.17) is 0 Å². The number of esters is 1. The number of aliphatic hydroxyl groups is 1. The Kier molecular flexibility index (Phi) is 4.01. The van der Waals surface area contributed by atoms with E-state index in [2.05, 4.69) is 20.7 Å². The van der Waals surface area contributed by atoms with Crippen LogP contribution in [-0.4, -0.2) is 29.2 Å². The van der Waals surface area contributed by atoms with Gasteiger partial charge in [-0.3, -0.25) is 4.79 Å². The zero-order valence-electron chi connectivity index (χ0n) is 9.72. The van der Waals surface area contributed by atoms with Crippen LogP contribution in [0.2, 0.25) is 0 Å². The van der Waals surface area contributed by atoms with E-state index in [1.54, 1.807) is 24.3 Å². The maximum Gasteiger partial charge on any atom is 0.313 e. The van der Waals surface area contributed by atoms with Crippen LogP contribution in [0, 0.1) is 0 Å². The normalized spacial score (nSPS) is 26.4. The lowest BCUT2D eigenvalue weighted by Gasteiger charge is -2.32. The first kappa shape index (κ1) is 14.1. The molecule has 0 unspecified atom stereocenters. The van der Waals surface area contributed by atoms with Crippen molar-refractivity contribution < 1.29 is 23.4 Å². The standard InChI is InChI=1S/C13H11BrF2O3/c14-9-4-1-8(2-5-9)3-6-11-13(15,16)10(17)7-12(18)19-11/h1-6,10-11,17H,7H2/b6-3+/t10-,11+/m0/s1. The quantitative estimate of drug-likeness (QED) is 0.847. The Labute approximate surface area is 117 Å². The molecule has 0 aromatic heterocycles. The topological polar surface area (TPSA) is 46.5 Å². The Hall–Kier alpha value is -1.27. The third kappa shape index (κ3) is 3.19. The van der Waals surface area contributed by atoms with Gasteiger partial charge in [0.1, 0.15) is 6.10 Å². The van der Waals surface area contributed by atoms with E-state index >= 15 is 0 Å². The maximum atomic E-state index is 13.6. The van der Waals surface area contributed by atoms with Crippen LogP contribution in [0.15, 0.2) is 34.8 Å². The smallest absolute Gasteiger partial charge is 0.313 e. The largest absolute Gasteiger partial charge is 0.451 e. The van der Waals surface area contributed by atoms with Gasteiger partial charge in [-0.25, -0.2) is 0 Å². The summed E-state index contributed by atoms with van der Waals surface area (Å²) in [5, 5.41) is 9.22. The minimum atomic E-state index is -3.47. The average Bonchev–Trinajstić information content (AvgIpc) is 2.34. The molecule has 1 aromatic rings. The highest BCUT2D eigenvalue weighted by atomic mass is 79.9. The lowest BCUT2D eigenvalue weighted by atomic mass is 9.99. The second kappa shape index (κ2) is 5.38. The summed E-state index contributed by atoms with van der Waals surface area (Å²) >= 11 is 3.26. The van der Waals surface area contributed by atoms with Crippen molar-refractivity contribution in [2.45, 2.75) is 24.6 Å². The molecule has 0 spiro atoms. The van der Waals surface area contributed by atoms with Crippen molar-refractivity contribution in [1.29, 1.82) is 0 Å². The zero-order chi connectivity index (χ0) is 14.0. The Bertz CT molecular complexity index is 499. The molecule has 6 heteroatoms. The molecule has 0 bridgehead atoms. The molecule has 1 heterocycles. The highest BCUT2D eigenvalue weighted by Gasteiger charge is 2.52. The van der Waals surface area contributed by atoms with Crippen molar-refractivity contribution in [3.05, 3.63) is 40.4 Å². The van der Waals surface area contributed by atoms with Crippen molar-refractivity contribution in [3.63, 3.8) is 0 Å². The van der Waals surface area contributed by atoms with Gasteiger partial charge in [0.15, 0.2) is 6.10 Å². The summed E-state index contributed by atoms with van der Waals surface area (Å²) in [4.78, 5) is 11.1. The molecule has 1 aliphatic heterocycles. The minimum absolute atomic E-state index is 0.685. The van der Waals surface area contributed by atoms with Gasteiger partial charge in [-0.15, -0.1) is 0 Å². The fraction of sp³-hybridized carbons (Fsp3) is 0.308. The molecule has 102 valence electrons. The van der Waals surface area contributed by atoms with Crippen molar-refractivity contribution >= 4 is 28.0 Å². The molecule has 1 saturated heterocycles. The number of ether oxygens (including phenoxy) is 1. The second-order valence-electron chi connectivity index (χ2n) is 4.22. The third-order valence-corrected chi connectivity index (χ3v) is 3.30. The SMILES string of the molecule is O=C1C[C@H](O)C(F)(F)[C@@H](/C=C/c2ccc(Br)cc2)O1. The first-order chi connectivity index (χ1) is 8.89. The molecule has 2 atom stereocenters. The van der Waals surface area contributed by atoms with Gasteiger partial charge in [-0.05, 0) is 23.8 Å². The maximum absolute atomic E-state index is 13.6. The Morgan fingerprint density at radius 3 is 2.63 bits per heavy atom. The van der Waals surface area contributed by atoms with Gasteiger partial charge in [0.2, 0.25) is 0 Å². The number of hydrogen-bond donors (Lipinski definition) is 1. The summed E-state index contributed by atoms with van der Waals surface area (Å²) in [6, 6.07) is 6.97. The summed E-state index contributed by atoms with van der Waals surface area (Å²) in [6.45, 7) is 0. The monoisotopic (exact) mass is 332 g/mol. The summed E-state index contributed by atoms with van der Waals surface area (Å²) < 4.78 is 32.7. The van der Waals surface area contributed by atoms with Gasteiger partial charge in [-0.2, -0.15) is 8.78 Å². The van der Waals surface area contributed by atoms with Crippen LogP contribution >= 0.6 is 15.9 Å². The molecule has 1 N–H and O–H groups in total. The van der Waals surface area contributed by atoms with Crippen LogP contribution in [0.3, 0.4) is 0 Å². The predicted molar refractivity (Wildman–Crippen MR) is 68.6 cm³/mol. The van der Waals surface area contributed by atoms with Crippen molar-refractivity contribution in [3.8, 4) is 0 Å². The Balaban J connectivity index is 2.16. The highest BCUT2D eigenvalue weighted by Crippen LogP contribution is 2.33. The number of carbonyl (C=O) groups excluding carboxylic acids is 1. The van der Waals surface area contributed by atoms with Crippen LogP contribution in [0.1, 0.15) is 12.0 Å². The molecule has 2 rings (SSSR count). The van der Waals surface area contributed by atoms with E-state index in [0.717, 1.165) is 10.5 Å². The van der Waals surface area contributed by atoms with E-state index in [0.29, 0.717) is 5.56 Å². The van der Waals surface area contributed by atoms with E-state index in [1.807, 2.05) is 0 Å². The summed E-state index contributed by atoms with van der Waals surface area (Å²) in [5.41, 5.74) is 0.690. The number of halogens is 3. The van der Waals surface area contributed by atoms with Gasteiger partial charge in [0, 0.05) is 4.47 Å². The number of benzene rings is 1. The molecule has 0 saturated carbocycles. The van der Waals surface area contributed by atoms with Gasteiger partial charge in [0.05, 0.1) is 6.42 Å². The predicted octanol–water partition coefficient (Wildman–Crippen LogP) is 2.77. The molecular weight excluding hydrogens is 322 g/mol. The number of hydrogen-bond acceptors (Lipinski definition) is 3. The van der Waals surface area contributed by atoms with E-state index in [9.17, 15) is 18.7 Å². The lowest BCUT2D eigenvalue weighted by molar-refractivity contribution is -0.215. The first-order valence-electron chi connectivity index (χ1n) is 5.58. The van der Waals surface area contributed by atoms with Gasteiger partial charge >= 0.3 is 11.9 Å². The van der Waals surface area contributed by atoms with Crippen LogP contribution in [0.25, 0.3) is 6.08 Å². The van der Waals surface area contributed by atoms with Crippen LogP contribution < -0.4 is 0 Å². The first-order valence-corrected chi connectivity index (χ1v) is 6.38. The molecule has 0 aliphatic carbocycles. The third-order valence-electron chi connectivity index (χ3n) is 2.78. The molecule has 19 heavy (non-hydrogen) atoms. The van der Waals surface area contributed by atoms with Crippen molar-refractivity contribution in [1.82, 2.24) is 0 Å². The van der Waals surface area contributed by atoms with E-state index in [-0.39, 0.29) is 0 Å². The second-order valence-corrected chi connectivity index (χ2v) is 5.13. The molecule has 0 amide bonds. The van der Waals surface area contributed by atoms with E-state index < -0.39 is 30.5 Å². The van der Waals surface area contributed by atoms with Crippen molar-refractivity contribution in [2.75, 3.05) is 0 Å². The molecule has 1 fully saturated rings. The Morgan fingerprint density at radius 2 is 2.00 bits per heavy atom. The van der Waals surface area contributed by atoms with Gasteiger partial charge in [-0.1, -0.05) is 34.1 Å². The average molecular weight is 333 g/mol. The van der Waals surface area contributed by atoms with Crippen molar-refractivity contribution in [2.24, 2.45) is 0 Å². The molecular formula is C13H11BrF2O3. The minimum Gasteiger partial charge on any atom is -0.451 e. The summed E-state index contributed by atoms with van der Waals surface area (Å²) in [5.74, 6) is -4.30. The number of alkyl halides is 2. The summed E-state index contributed by atoms with van der Waals surface area (Å²) in [6.07, 6.45) is -1.92. The number of rotatable bonds is 2. The van der Waals surface area contributed by atoms with Crippen LogP contribution in [0.4, 0.5) is 8.78 Å². The molecule has 0 radical (unpaired) electrons. The number of aliphatic hydroxyl groups excluding tert-OH is 1. The lowest BCUT2D eigenvalue weighted by Crippen LogP contribution is -2.51. The fourth-order valence-corrected chi connectivity index (χ4v) is 1.96. The molecule has 1 aromatic carbocycles. The zero-order valence-corrected chi connectivity index (χ0v) is 11.3. The summed E-state index contributed by atoms with van der Waals surface area (Å²) in [7, 11) is 0. The van der Waals surface area contributed by atoms with Crippen LogP contribution in [0.5, 0.6) is 0 Å². The van der Waals surface area contributed by atoms with Crippen LogP contribution in [-0.2, 0) is 9.53 Å².